The number of benzene rings is 1. The van der Waals surface area contributed by atoms with Crippen LogP contribution >= 0.6 is 11.6 Å². The highest BCUT2D eigenvalue weighted by Gasteiger charge is 2.29. The lowest BCUT2D eigenvalue weighted by Gasteiger charge is -2.15. The summed E-state index contributed by atoms with van der Waals surface area (Å²) in [6.07, 6.45) is 0.979. The van der Waals surface area contributed by atoms with E-state index >= 15 is 0 Å². The van der Waals surface area contributed by atoms with E-state index in [1.807, 2.05) is 7.05 Å². The molecule has 24 heavy (non-hydrogen) atoms. The summed E-state index contributed by atoms with van der Waals surface area (Å²) in [6.45, 7) is 4.10. The molecule has 128 valence electrons. The molecule has 2 heterocycles. The van der Waals surface area contributed by atoms with Crippen LogP contribution in [-0.2, 0) is 0 Å². The average Bonchev–Trinajstić information content (AvgIpc) is 3.17. The van der Waals surface area contributed by atoms with Gasteiger partial charge in [0.15, 0.2) is 5.69 Å². The van der Waals surface area contributed by atoms with E-state index in [-0.39, 0.29) is 10.9 Å². The minimum atomic E-state index is -0.498. The first-order chi connectivity index (χ1) is 11.5. The Hall–Kier alpha value is -1.99. The maximum Gasteiger partial charge on any atom is 0.276 e. The molecule has 0 radical (unpaired) electrons. The summed E-state index contributed by atoms with van der Waals surface area (Å²) in [5.74, 6) is -0.155. The van der Waals surface area contributed by atoms with Crippen molar-refractivity contribution in [3.05, 3.63) is 40.4 Å². The normalized spacial score (nSPS) is 17.5. The largest absolute Gasteiger partial charge is 0.337 e. The third-order valence-corrected chi connectivity index (χ3v) is 4.60. The zero-order valence-electron chi connectivity index (χ0n) is 13.6. The molecule has 1 saturated heterocycles. The van der Waals surface area contributed by atoms with E-state index in [9.17, 15) is 9.18 Å². The van der Waals surface area contributed by atoms with Crippen molar-refractivity contribution < 1.29 is 9.18 Å². The predicted molar refractivity (Wildman–Crippen MR) is 89.0 cm³/mol. The van der Waals surface area contributed by atoms with Crippen molar-refractivity contribution in [2.24, 2.45) is 5.92 Å². The van der Waals surface area contributed by atoms with E-state index in [1.165, 1.54) is 16.8 Å². The maximum atomic E-state index is 13.3. The van der Waals surface area contributed by atoms with Gasteiger partial charge < -0.3 is 10.2 Å². The van der Waals surface area contributed by atoms with Crippen LogP contribution in [-0.4, -0.2) is 52.5 Å². The Labute approximate surface area is 144 Å². The Kier molecular flexibility index (Phi) is 4.82. The highest BCUT2D eigenvalue weighted by molar-refractivity contribution is 6.30. The van der Waals surface area contributed by atoms with Crippen LogP contribution in [0.25, 0.3) is 5.69 Å². The standard InChI is InChI=1S/C16H19ClFN5O/c1-10-15(16(24)22-6-5-11(9-22)8-19-2)20-21-23(10)12-3-4-14(18)13(17)7-12/h3-4,7,11,19H,5-6,8-9H2,1-2H3. The number of hydrogen-bond donors (Lipinski definition) is 1. The molecule has 8 heteroatoms. The minimum absolute atomic E-state index is 0.00438. The molecule has 1 atom stereocenters. The molecule has 3 rings (SSSR count). The Balaban J connectivity index is 1.82. The van der Waals surface area contributed by atoms with Gasteiger partial charge in [0.25, 0.3) is 5.91 Å². The van der Waals surface area contributed by atoms with E-state index in [0.717, 1.165) is 19.5 Å². The zero-order valence-corrected chi connectivity index (χ0v) is 14.3. The number of halogens is 2. The second-order valence-corrected chi connectivity index (χ2v) is 6.40. The van der Waals surface area contributed by atoms with E-state index in [1.54, 1.807) is 17.9 Å². The summed E-state index contributed by atoms with van der Waals surface area (Å²) in [5, 5.41) is 11.2. The van der Waals surface area contributed by atoms with Crippen molar-refractivity contribution in [3.63, 3.8) is 0 Å². The van der Waals surface area contributed by atoms with Gasteiger partial charge in [-0.1, -0.05) is 16.8 Å². The predicted octanol–water partition coefficient (Wildman–Crippen LogP) is 2.05. The first-order valence-corrected chi connectivity index (χ1v) is 8.20. The van der Waals surface area contributed by atoms with Crippen molar-refractivity contribution in [1.29, 1.82) is 0 Å². The monoisotopic (exact) mass is 351 g/mol. The number of aromatic nitrogens is 3. The molecule has 1 aliphatic rings. The van der Waals surface area contributed by atoms with Crippen molar-refractivity contribution in [2.45, 2.75) is 13.3 Å². The molecule has 1 N–H and O–H groups in total. The molecular formula is C16H19ClFN5O. The Morgan fingerprint density at radius 1 is 1.50 bits per heavy atom. The average molecular weight is 352 g/mol. The van der Waals surface area contributed by atoms with E-state index in [2.05, 4.69) is 15.6 Å². The number of nitrogens with one attached hydrogen (secondary N) is 1. The molecule has 1 unspecified atom stereocenters. The number of nitrogens with zero attached hydrogens (tertiary/aromatic N) is 4. The van der Waals surface area contributed by atoms with Gasteiger partial charge >= 0.3 is 0 Å². The van der Waals surface area contributed by atoms with Gasteiger partial charge in [-0.25, -0.2) is 9.07 Å². The van der Waals surface area contributed by atoms with Gasteiger partial charge in [-0.2, -0.15) is 0 Å². The Morgan fingerprint density at radius 3 is 3.00 bits per heavy atom. The molecule has 1 aromatic carbocycles. The van der Waals surface area contributed by atoms with Crippen LogP contribution in [0.5, 0.6) is 0 Å². The van der Waals surface area contributed by atoms with Crippen molar-refractivity contribution in [3.8, 4) is 5.69 Å². The van der Waals surface area contributed by atoms with Gasteiger partial charge in [-0.3, -0.25) is 4.79 Å². The number of carbonyl (C=O) groups is 1. The molecule has 0 spiro atoms. The topological polar surface area (TPSA) is 63.1 Å². The second-order valence-electron chi connectivity index (χ2n) is 6.00. The lowest BCUT2D eigenvalue weighted by Crippen LogP contribution is -2.31. The fraction of sp³-hybridized carbons (Fsp3) is 0.438. The first-order valence-electron chi connectivity index (χ1n) is 7.83. The summed E-state index contributed by atoms with van der Waals surface area (Å²) in [4.78, 5) is 14.5. The minimum Gasteiger partial charge on any atom is -0.337 e. The number of carbonyl (C=O) groups excluding carboxylic acids is 1. The molecule has 0 aliphatic carbocycles. The van der Waals surface area contributed by atoms with E-state index in [4.69, 9.17) is 11.6 Å². The maximum absolute atomic E-state index is 13.3. The molecule has 1 aromatic heterocycles. The summed E-state index contributed by atoms with van der Waals surface area (Å²) < 4.78 is 14.8. The lowest BCUT2D eigenvalue weighted by atomic mass is 10.1. The molecule has 1 amide bonds. The van der Waals surface area contributed by atoms with Crippen LogP contribution < -0.4 is 5.32 Å². The van der Waals surface area contributed by atoms with Crippen LogP contribution in [0.15, 0.2) is 18.2 Å². The van der Waals surface area contributed by atoms with Crippen LogP contribution in [0, 0.1) is 18.7 Å². The van der Waals surface area contributed by atoms with Crippen LogP contribution in [0.3, 0.4) is 0 Å². The number of rotatable bonds is 4. The van der Waals surface area contributed by atoms with Crippen LogP contribution in [0.2, 0.25) is 5.02 Å². The van der Waals surface area contributed by atoms with Gasteiger partial charge in [0.05, 0.1) is 16.4 Å². The summed E-state index contributed by atoms with van der Waals surface area (Å²) >= 11 is 5.82. The highest BCUT2D eigenvalue weighted by atomic mass is 35.5. The summed E-state index contributed by atoms with van der Waals surface area (Å²) in [5.41, 5.74) is 1.50. The number of hydrogen-bond acceptors (Lipinski definition) is 4. The van der Waals surface area contributed by atoms with Crippen molar-refractivity contribution >= 4 is 17.5 Å². The summed E-state index contributed by atoms with van der Waals surface area (Å²) in [7, 11) is 1.91. The first kappa shape index (κ1) is 16.9. The van der Waals surface area contributed by atoms with Crippen LogP contribution in [0.1, 0.15) is 22.6 Å². The van der Waals surface area contributed by atoms with E-state index in [0.29, 0.717) is 29.5 Å². The van der Waals surface area contributed by atoms with Crippen molar-refractivity contribution in [2.75, 3.05) is 26.7 Å². The van der Waals surface area contributed by atoms with Gasteiger partial charge in [0.1, 0.15) is 5.82 Å². The fourth-order valence-corrected chi connectivity index (χ4v) is 3.19. The Bertz CT molecular complexity index is 763. The Morgan fingerprint density at radius 2 is 2.29 bits per heavy atom. The molecule has 2 aromatic rings. The van der Waals surface area contributed by atoms with Gasteiger partial charge in [-0.05, 0) is 51.1 Å². The lowest BCUT2D eigenvalue weighted by molar-refractivity contribution is 0.0780. The smallest absolute Gasteiger partial charge is 0.276 e. The SMILES string of the molecule is CNCC1CCN(C(=O)c2nnn(-c3ccc(F)c(Cl)c3)c2C)C1. The van der Waals surface area contributed by atoms with Crippen LogP contribution in [0.4, 0.5) is 4.39 Å². The second kappa shape index (κ2) is 6.86. The third-order valence-electron chi connectivity index (χ3n) is 4.31. The van der Waals surface area contributed by atoms with E-state index < -0.39 is 5.82 Å². The van der Waals surface area contributed by atoms with Gasteiger partial charge in [-0.15, -0.1) is 5.10 Å². The molecular weight excluding hydrogens is 333 g/mol. The molecule has 1 fully saturated rings. The molecule has 0 bridgehead atoms. The summed E-state index contributed by atoms with van der Waals surface area (Å²) in [6, 6.07) is 4.28. The quantitative estimate of drug-likeness (QED) is 0.915. The van der Waals surface area contributed by atoms with Crippen molar-refractivity contribution in [1.82, 2.24) is 25.2 Å². The van der Waals surface area contributed by atoms with Gasteiger partial charge in [0.2, 0.25) is 0 Å². The fourth-order valence-electron chi connectivity index (χ4n) is 3.01. The molecule has 1 aliphatic heterocycles. The number of likely N-dealkylation sites (tertiary alicyclic amines) is 1. The number of amides is 1. The third kappa shape index (κ3) is 3.14. The highest BCUT2D eigenvalue weighted by Crippen LogP contribution is 2.22. The van der Waals surface area contributed by atoms with Gasteiger partial charge in [0, 0.05) is 13.1 Å². The molecule has 6 nitrogen and oxygen atoms in total. The zero-order chi connectivity index (χ0) is 17.3. The molecule has 0 saturated carbocycles.